The first-order valence-corrected chi connectivity index (χ1v) is 9.24. The first-order chi connectivity index (χ1) is 11.3. The molecule has 0 bridgehead atoms. The highest BCUT2D eigenvalue weighted by molar-refractivity contribution is 8.00. The van der Waals surface area contributed by atoms with E-state index in [4.69, 9.17) is 16.3 Å². The van der Waals surface area contributed by atoms with Crippen molar-refractivity contribution in [3.8, 4) is 0 Å². The van der Waals surface area contributed by atoms with E-state index < -0.39 is 11.1 Å². The zero-order chi connectivity index (χ0) is 18.3. The minimum absolute atomic E-state index is 0.0545. The topological polar surface area (TPSA) is 55.4 Å². The lowest BCUT2D eigenvalue weighted by Gasteiger charge is -2.18. The Kier molecular flexibility index (Phi) is 8.56. The van der Waals surface area contributed by atoms with Gasteiger partial charge in [0, 0.05) is 11.3 Å². The van der Waals surface area contributed by atoms with E-state index in [1.54, 1.807) is 6.92 Å². The number of carbonyl (C=O) groups is 2. The van der Waals surface area contributed by atoms with Gasteiger partial charge in [-0.1, -0.05) is 32.4 Å². The molecule has 1 rings (SSSR count). The summed E-state index contributed by atoms with van der Waals surface area (Å²) < 4.78 is 19.3. The number of amides is 1. The lowest BCUT2D eigenvalue weighted by Crippen LogP contribution is -2.24. The maximum absolute atomic E-state index is 13.9. The normalized spacial score (nSPS) is 13.2. The van der Waals surface area contributed by atoms with Gasteiger partial charge in [0.15, 0.2) is 0 Å². The molecule has 2 unspecified atom stereocenters. The Bertz CT molecular complexity index is 597. The Morgan fingerprint density at radius 3 is 2.50 bits per heavy atom. The number of ether oxygens (including phenoxy) is 1. The highest BCUT2D eigenvalue weighted by Crippen LogP contribution is 2.36. The number of thioether (sulfide) groups is 1. The number of nitrogens with one attached hydrogen (secondary N) is 1. The number of hydrogen-bond donors (Lipinski definition) is 1. The summed E-state index contributed by atoms with van der Waals surface area (Å²) in [5, 5.41) is 2.24. The molecule has 1 aromatic carbocycles. The average Bonchev–Trinajstić information content (AvgIpc) is 2.55. The molecular weight excluding hydrogens is 353 g/mol. The van der Waals surface area contributed by atoms with Crippen molar-refractivity contribution in [3.05, 3.63) is 23.0 Å². The number of halogens is 2. The van der Waals surface area contributed by atoms with Gasteiger partial charge >= 0.3 is 5.97 Å². The van der Waals surface area contributed by atoms with Crippen LogP contribution in [0.15, 0.2) is 17.0 Å². The van der Waals surface area contributed by atoms with Gasteiger partial charge < -0.3 is 10.1 Å². The van der Waals surface area contributed by atoms with Crippen LogP contribution in [0.1, 0.15) is 47.0 Å². The minimum atomic E-state index is -0.610. The van der Waals surface area contributed by atoms with Crippen molar-refractivity contribution < 1.29 is 18.7 Å². The molecule has 1 amide bonds. The Labute approximate surface area is 151 Å². The van der Waals surface area contributed by atoms with E-state index in [1.165, 1.54) is 17.8 Å². The molecule has 0 fully saturated rings. The van der Waals surface area contributed by atoms with Crippen LogP contribution in [0, 0.1) is 5.82 Å². The molecule has 0 heterocycles. The van der Waals surface area contributed by atoms with Crippen LogP contribution < -0.4 is 5.32 Å². The Morgan fingerprint density at radius 2 is 1.96 bits per heavy atom. The summed E-state index contributed by atoms with van der Waals surface area (Å²) in [7, 11) is 0. The first kappa shape index (κ1) is 20.8. The number of esters is 1. The van der Waals surface area contributed by atoms with Gasteiger partial charge in [-0.05, 0) is 31.9 Å². The summed E-state index contributed by atoms with van der Waals surface area (Å²) in [6.45, 7) is 7.31. The second kappa shape index (κ2) is 9.89. The molecule has 1 N–H and O–H groups in total. The molecule has 2 atom stereocenters. The summed E-state index contributed by atoms with van der Waals surface area (Å²) in [6.07, 6.45) is 1.36. The highest BCUT2D eigenvalue weighted by Gasteiger charge is 2.23. The zero-order valence-electron chi connectivity index (χ0n) is 14.3. The number of rotatable bonds is 8. The Hall–Kier alpha value is -1.27. The smallest absolute Gasteiger partial charge is 0.319 e. The molecular formula is C17H23ClFNO3S. The van der Waals surface area contributed by atoms with Gasteiger partial charge in [0.2, 0.25) is 5.91 Å². The summed E-state index contributed by atoms with van der Waals surface area (Å²) >= 11 is 7.29. The number of carbonyl (C=O) groups excluding carboxylic acids is 2. The van der Waals surface area contributed by atoms with Gasteiger partial charge in [-0.3, -0.25) is 9.59 Å². The van der Waals surface area contributed by atoms with Crippen LogP contribution in [0.2, 0.25) is 5.02 Å². The molecule has 0 radical (unpaired) electrons. The molecule has 4 nitrogen and oxygen atoms in total. The van der Waals surface area contributed by atoms with Crippen LogP contribution in [-0.4, -0.2) is 23.2 Å². The van der Waals surface area contributed by atoms with Crippen LogP contribution in [0.5, 0.6) is 0 Å². The number of benzene rings is 1. The highest BCUT2D eigenvalue weighted by atomic mass is 35.5. The fourth-order valence-corrected chi connectivity index (χ4v) is 3.03. The van der Waals surface area contributed by atoms with Gasteiger partial charge in [0.1, 0.15) is 11.1 Å². The van der Waals surface area contributed by atoms with E-state index in [2.05, 4.69) is 5.32 Å². The van der Waals surface area contributed by atoms with Crippen LogP contribution in [0.4, 0.5) is 10.1 Å². The van der Waals surface area contributed by atoms with Gasteiger partial charge in [0.05, 0.1) is 16.8 Å². The molecule has 0 aromatic heterocycles. The third kappa shape index (κ3) is 5.98. The predicted octanol–water partition coefficient (Wildman–Crippen LogP) is 5.04. The van der Waals surface area contributed by atoms with Crippen molar-refractivity contribution >= 4 is 40.9 Å². The maximum Gasteiger partial charge on any atom is 0.319 e. The van der Waals surface area contributed by atoms with Crippen molar-refractivity contribution in [3.63, 3.8) is 0 Å². The third-order valence-electron chi connectivity index (χ3n) is 3.41. The van der Waals surface area contributed by atoms with Crippen molar-refractivity contribution in [2.75, 3.05) is 5.32 Å². The van der Waals surface area contributed by atoms with Crippen molar-refractivity contribution in [1.29, 1.82) is 0 Å². The minimum Gasteiger partial charge on any atom is -0.462 e. The fourth-order valence-electron chi connectivity index (χ4n) is 1.76. The van der Waals surface area contributed by atoms with E-state index in [-0.39, 0.29) is 35.1 Å². The Balaban J connectivity index is 2.97. The van der Waals surface area contributed by atoms with E-state index in [9.17, 15) is 14.0 Å². The number of hydrogen-bond acceptors (Lipinski definition) is 4. The third-order valence-corrected chi connectivity index (χ3v) is 5.24. The van der Waals surface area contributed by atoms with Crippen LogP contribution >= 0.6 is 23.4 Å². The maximum atomic E-state index is 13.9. The summed E-state index contributed by atoms with van der Waals surface area (Å²) in [5.41, 5.74) is 0.0545. The monoisotopic (exact) mass is 375 g/mol. The molecule has 134 valence electrons. The SMILES string of the molecule is CCC(=O)Nc1cc(SC(CC)C(=O)OC(C)CC)c(Cl)cc1F. The van der Waals surface area contributed by atoms with E-state index in [0.717, 1.165) is 12.5 Å². The molecule has 0 saturated heterocycles. The first-order valence-electron chi connectivity index (χ1n) is 7.98. The largest absolute Gasteiger partial charge is 0.462 e. The van der Waals surface area contributed by atoms with Crippen LogP contribution in [0.25, 0.3) is 0 Å². The van der Waals surface area contributed by atoms with Crippen LogP contribution in [-0.2, 0) is 14.3 Å². The average molecular weight is 376 g/mol. The van der Waals surface area contributed by atoms with E-state index in [0.29, 0.717) is 11.3 Å². The lowest BCUT2D eigenvalue weighted by atomic mass is 10.3. The summed E-state index contributed by atoms with van der Waals surface area (Å²) in [5.74, 6) is -1.23. The van der Waals surface area contributed by atoms with Gasteiger partial charge in [-0.25, -0.2) is 4.39 Å². The standard InChI is InChI=1S/C17H23ClFNO3S/c1-5-10(4)23-17(22)14(6-2)24-15-9-13(20-16(21)7-3)12(19)8-11(15)18/h8-10,14H,5-7H2,1-4H3,(H,20,21). The summed E-state index contributed by atoms with van der Waals surface area (Å²) in [6, 6.07) is 2.59. The van der Waals surface area contributed by atoms with Gasteiger partial charge in [0.25, 0.3) is 0 Å². The van der Waals surface area contributed by atoms with E-state index in [1.807, 2.05) is 20.8 Å². The molecule has 24 heavy (non-hydrogen) atoms. The zero-order valence-corrected chi connectivity index (χ0v) is 15.9. The number of anilines is 1. The summed E-state index contributed by atoms with van der Waals surface area (Å²) in [4.78, 5) is 24.2. The van der Waals surface area contributed by atoms with Crippen LogP contribution in [0.3, 0.4) is 0 Å². The van der Waals surface area contributed by atoms with Crippen molar-refractivity contribution in [1.82, 2.24) is 0 Å². The molecule has 0 aliphatic heterocycles. The van der Waals surface area contributed by atoms with E-state index >= 15 is 0 Å². The van der Waals surface area contributed by atoms with Crippen molar-refractivity contribution in [2.24, 2.45) is 0 Å². The molecule has 1 aromatic rings. The second-order valence-corrected chi connectivity index (χ2v) is 6.99. The Morgan fingerprint density at radius 1 is 1.29 bits per heavy atom. The quantitative estimate of drug-likeness (QED) is 0.510. The molecule has 0 saturated carbocycles. The fraction of sp³-hybridized carbons (Fsp3) is 0.529. The van der Waals surface area contributed by atoms with Gasteiger partial charge in [-0.15, -0.1) is 11.8 Å². The predicted molar refractivity (Wildman–Crippen MR) is 96.1 cm³/mol. The molecule has 0 spiro atoms. The lowest BCUT2D eigenvalue weighted by molar-refractivity contribution is -0.147. The van der Waals surface area contributed by atoms with Gasteiger partial charge in [-0.2, -0.15) is 0 Å². The van der Waals surface area contributed by atoms with Crippen molar-refractivity contribution in [2.45, 2.75) is 63.2 Å². The molecule has 0 aliphatic rings. The molecule has 7 heteroatoms. The molecule has 0 aliphatic carbocycles. The second-order valence-electron chi connectivity index (χ2n) is 5.33.